The summed E-state index contributed by atoms with van der Waals surface area (Å²) in [5, 5.41) is 18.8. The average molecular weight is 172 g/mol. The van der Waals surface area contributed by atoms with Gasteiger partial charge in [-0.2, -0.15) is 0 Å². The Morgan fingerprint density at radius 3 is 1.75 bits per heavy atom. The van der Waals surface area contributed by atoms with Crippen molar-refractivity contribution in [3.8, 4) is 0 Å². The summed E-state index contributed by atoms with van der Waals surface area (Å²) in [5.41, 5.74) is 0. The zero-order chi connectivity index (χ0) is 9.03. The van der Waals surface area contributed by atoms with E-state index >= 15 is 0 Å². The van der Waals surface area contributed by atoms with Crippen LogP contribution in [0.5, 0.6) is 0 Å². The predicted molar refractivity (Wildman–Crippen MR) is 48.7 cm³/mol. The molecule has 1 aliphatic carbocycles. The van der Waals surface area contributed by atoms with Crippen molar-refractivity contribution in [1.82, 2.24) is 0 Å². The van der Waals surface area contributed by atoms with Gasteiger partial charge in [-0.3, -0.25) is 0 Å². The fourth-order valence-electron chi connectivity index (χ4n) is 2.00. The van der Waals surface area contributed by atoms with Gasteiger partial charge in [0.1, 0.15) is 0 Å². The van der Waals surface area contributed by atoms with Crippen LogP contribution in [-0.4, -0.2) is 16.0 Å². The molecule has 0 saturated heterocycles. The summed E-state index contributed by atoms with van der Waals surface area (Å²) in [4.78, 5) is 0. The Balaban J connectivity index is 2.40. The van der Waals surface area contributed by atoms with E-state index in [1.54, 1.807) is 0 Å². The molecule has 2 heteroatoms. The first-order valence-corrected chi connectivity index (χ1v) is 5.05. The van der Waals surface area contributed by atoms with Crippen LogP contribution in [0, 0.1) is 5.92 Å². The highest BCUT2D eigenvalue weighted by atomic mass is 16.5. The van der Waals surface area contributed by atoms with Crippen LogP contribution in [0.2, 0.25) is 0 Å². The van der Waals surface area contributed by atoms with Gasteiger partial charge in [-0.25, -0.2) is 0 Å². The minimum atomic E-state index is -1.45. The van der Waals surface area contributed by atoms with Gasteiger partial charge in [0.25, 0.3) is 0 Å². The Hall–Kier alpha value is -0.0800. The van der Waals surface area contributed by atoms with Crippen LogP contribution in [0.4, 0.5) is 0 Å². The van der Waals surface area contributed by atoms with Gasteiger partial charge in [0.05, 0.1) is 0 Å². The van der Waals surface area contributed by atoms with Crippen LogP contribution in [-0.2, 0) is 0 Å². The zero-order valence-electron chi connectivity index (χ0n) is 7.92. The second-order valence-corrected chi connectivity index (χ2v) is 4.14. The highest BCUT2D eigenvalue weighted by Crippen LogP contribution is 2.28. The highest BCUT2D eigenvalue weighted by molar-refractivity contribution is 4.73. The van der Waals surface area contributed by atoms with Gasteiger partial charge in [-0.1, -0.05) is 32.1 Å². The molecule has 0 radical (unpaired) electrons. The van der Waals surface area contributed by atoms with Crippen molar-refractivity contribution >= 4 is 0 Å². The minimum Gasteiger partial charge on any atom is -0.366 e. The van der Waals surface area contributed by atoms with E-state index < -0.39 is 5.79 Å². The van der Waals surface area contributed by atoms with Crippen molar-refractivity contribution in [3.05, 3.63) is 0 Å². The van der Waals surface area contributed by atoms with Gasteiger partial charge in [-0.05, 0) is 19.8 Å². The molecule has 1 saturated carbocycles. The Morgan fingerprint density at radius 2 is 1.33 bits per heavy atom. The lowest BCUT2D eigenvalue weighted by atomic mass is 9.86. The Bertz CT molecular complexity index is 118. The van der Waals surface area contributed by atoms with Gasteiger partial charge < -0.3 is 10.2 Å². The van der Waals surface area contributed by atoms with E-state index in [9.17, 15) is 10.2 Å². The van der Waals surface area contributed by atoms with E-state index in [-0.39, 0.29) is 5.92 Å². The third-order valence-electron chi connectivity index (χ3n) is 2.88. The Kier molecular flexibility index (Phi) is 3.53. The summed E-state index contributed by atoms with van der Waals surface area (Å²) in [7, 11) is 0. The SMILES string of the molecule is CC(O)(O)C1CCCCCCC1. The lowest BCUT2D eigenvalue weighted by molar-refractivity contribution is -0.189. The molecule has 2 nitrogen and oxygen atoms in total. The van der Waals surface area contributed by atoms with Crippen molar-refractivity contribution in [2.24, 2.45) is 5.92 Å². The molecule has 2 N–H and O–H groups in total. The standard InChI is InChI=1S/C10H20O2/c1-10(11,12)9-7-5-3-2-4-6-8-9/h9,11-12H,2-8H2,1H3. The highest BCUT2D eigenvalue weighted by Gasteiger charge is 2.28. The summed E-state index contributed by atoms with van der Waals surface area (Å²) < 4.78 is 0. The summed E-state index contributed by atoms with van der Waals surface area (Å²) in [6.45, 7) is 1.51. The van der Waals surface area contributed by atoms with Crippen molar-refractivity contribution < 1.29 is 10.2 Å². The molecule has 0 bridgehead atoms. The summed E-state index contributed by atoms with van der Waals surface area (Å²) >= 11 is 0. The fraction of sp³-hybridized carbons (Fsp3) is 1.00. The van der Waals surface area contributed by atoms with Gasteiger partial charge >= 0.3 is 0 Å². The lowest BCUT2D eigenvalue weighted by Crippen LogP contribution is -2.34. The fourth-order valence-corrected chi connectivity index (χ4v) is 2.00. The van der Waals surface area contributed by atoms with Crippen LogP contribution in [0.3, 0.4) is 0 Å². The molecule has 12 heavy (non-hydrogen) atoms. The third-order valence-corrected chi connectivity index (χ3v) is 2.88. The topological polar surface area (TPSA) is 40.5 Å². The first kappa shape index (κ1) is 10.0. The van der Waals surface area contributed by atoms with Gasteiger partial charge in [0.2, 0.25) is 0 Å². The second-order valence-electron chi connectivity index (χ2n) is 4.14. The summed E-state index contributed by atoms with van der Waals surface area (Å²) in [6, 6.07) is 0. The van der Waals surface area contributed by atoms with Crippen LogP contribution in [0.15, 0.2) is 0 Å². The van der Waals surface area contributed by atoms with E-state index in [4.69, 9.17) is 0 Å². The van der Waals surface area contributed by atoms with E-state index in [1.165, 1.54) is 26.2 Å². The second kappa shape index (κ2) is 4.24. The van der Waals surface area contributed by atoms with E-state index in [0.717, 1.165) is 25.7 Å². The predicted octanol–water partition coefficient (Wildman–Crippen LogP) is 2.05. The van der Waals surface area contributed by atoms with E-state index in [1.807, 2.05) is 0 Å². The van der Waals surface area contributed by atoms with Gasteiger partial charge in [-0.15, -0.1) is 0 Å². The van der Waals surface area contributed by atoms with E-state index in [0.29, 0.717) is 0 Å². The molecule has 0 spiro atoms. The maximum Gasteiger partial charge on any atom is 0.162 e. The summed E-state index contributed by atoms with van der Waals surface area (Å²) in [5.74, 6) is -1.35. The van der Waals surface area contributed by atoms with E-state index in [2.05, 4.69) is 0 Å². The molecule has 1 aliphatic rings. The molecule has 0 aromatic carbocycles. The minimum absolute atomic E-state index is 0.0952. The number of hydrogen-bond acceptors (Lipinski definition) is 2. The van der Waals surface area contributed by atoms with Crippen molar-refractivity contribution in [3.63, 3.8) is 0 Å². The summed E-state index contributed by atoms with van der Waals surface area (Å²) in [6.07, 6.45) is 8.09. The molecular weight excluding hydrogens is 152 g/mol. The van der Waals surface area contributed by atoms with Crippen LogP contribution < -0.4 is 0 Å². The lowest BCUT2D eigenvalue weighted by Gasteiger charge is -2.29. The Morgan fingerprint density at radius 1 is 0.917 bits per heavy atom. The molecule has 72 valence electrons. The average Bonchev–Trinajstić information content (AvgIpc) is 1.81. The maximum atomic E-state index is 9.41. The number of rotatable bonds is 1. The van der Waals surface area contributed by atoms with Crippen LogP contribution >= 0.6 is 0 Å². The normalized spacial score (nSPS) is 23.2. The first-order chi connectivity index (χ1) is 5.61. The molecular formula is C10H20O2. The monoisotopic (exact) mass is 172 g/mol. The largest absolute Gasteiger partial charge is 0.366 e. The molecule has 0 aliphatic heterocycles. The third kappa shape index (κ3) is 3.11. The first-order valence-electron chi connectivity index (χ1n) is 5.05. The maximum absolute atomic E-state index is 9.41. The molecule has 0 amide bonds. The van der Waals surface area contributed by atoms with Crippen molar-refractivity contribution in [1.29, 1.82) is 0 Å². The number of aliphatic hydroxyl groups is 2. The molecule has 0 heterocycles. The zero-order valence-corrected chi connectivity index (χ0v) is 7.92. The molecule has 0 aromatic heterocycles. The van der Waals surface area contributed by atoms with Gasteiger partial charge in [0.15, 0.2) is 5.79 Å². The molecule has 1 rings (SSSR count). The van der Waals surface area contributed by atoms with Crippen LogP contribution in [0.25, 0.3) is 0 Å². The van der Waals surface area contributed by atoms with Crippen molar-refractivity contribution in [2.45, 2.75) is 57.7 Å². The number of hydrogen-bond donors (Lipinski definition) is 2. The molecule has 0 aromatic rings. The molecule has 0 atom stereocenters. The van der Waals surface area contributed by atoms with Crippen molar-refractivity contribution in [2.75, 3.05) is 0 Å². The molecule has 0 unspecified atom stereocenters. The molecule has 1 fully saturated rings. The smallest absolute Gasteiger partial charge is 0.162 e. The van der Waals surface area contributed by atoms with Crippen LogP contribution in [0.1, 0.15) is 51.9 Å². The van der Waals surface area contributed by atoms with Gasteiger partial charge in [0, 0.05) is 5.92 Å². The quantitative estimate of drug-likeness (QED) is 0.594. The Labute approximate surface area is 74.6 Å².